The first-order valence-electron chi connectivity index (χ1n) is 23.8. The third-order valence-corrected chi connectivity index (χ3v) is 10.6. The van der Waals surface area contributed by atoms with Crippen LogP contribution in [0.25, 0.3) is 0 Å². The van der Waals surface area contributed by atoms with Crippen LogP contribution in [-0.2, 0) is 14.3 Å². The molecule has 322 valence electrons. The summed E-state index contributed by atoms with van der Waals surface area (Å²) in [5, 5.41) is 22.9. The van der Waals surface area contributed by atoms with Crippen LogP contribution in [0, 0.1) is 0 Å². The Morgan fingerprint density at radius 2 is 0.855 bits per heavy atom. The van der Waals surface area contributed by atoms with E-state index in [1.54, 1.807) is 6.08 Å². The van der Waals surface area contributed by atoms with Crippen molar-refractivity contribution in [1.82, 2.24) is 5.32 Å². The van der Waals surface area contributed by atoms with Crippen molar-refractivity contribution in [2.75, 3.05) is 13.2 Å². The van der Waals surface area contributed by atoms with Crippen molar-refractivity contribution < 1.29 is 24.5 Å². The molecule has 0 aliphatic rings. The van der Waals surface area contributed by atoms with Crippen LogP contribution in [0.5, 0.6) is 0 Å². The highest BCUT2D eigenvalue weighted by molar-refractivity contribution is 5.76. The second-order valence-corrected chi connectivity index (χ2v) is 16.1. The minimum absolute atomic E-state index is 0.0238. The molecule has 0 aromatic carbocycles. The molecule has 0 saturated carbocycles. The quantitative estimate of drug-likeness (QED) is 0.0326. The zero-order chi connectivity index (χ0) is 40.1. The number of unbranched alkanes of at least 4 members (excludes halogenated alkanes) is 28. The van der Waals surface area contributed by atoms with E-state index >= 15 is 0 Å². The van der Waals surface area contributed by atoms with Gasteiger partial charge in [0.05, 0.1) is 25.4 Å². The van der Waals surface area contributed by atoms with Crippen LogP contribution in [0.3, 0.4) is 0 Å². The number of ether oxygens (including phenoxy) is 1. The molecule has 0 aliphatic heterocycles. The van der Waals surface area contributed by atoms with Gasteiger partial charge in [-0.25, -0.2) is 0 Å². The van der Waals surface area contributed by atoms with Crippen LogP contribution in [-0.4, -0.2) is 47.4 Å². The molecule has 0 bridgehead atoms. The number of esters is 1. The summed E-state index contributed by atoms with van der Waals surface area (Å²) in [5.74, 6) is -0.125. The number of rotatable bonds is 43. The van der Waals surface area contributed by atoms with Crippen molar-refractivity contribution in [2.24, 2.45) is 0 Å². The predicted molar refractivity (Wildman–Crippen MR) is 236 cm³/mol. The average Bonchev–Trinajstić information content (AvgIpc) is 3.18. The highest BCUT2D eigenvalue weighted by Crippen LogP contribution is 2.13. The van der Waals surface area contributed by atoms with Gasteiger partial charge in [0.25, 0.3) is 0 Å². The molecule has 1 amide bonds. The lowest BCUT2D eigenvalue weighted by Crippen LogP contribution is -2.45. The van der Waals surface area contributed by atoms with Gasteiger partial charge in [-0.05, 0) is 83.5 Å². The Bertz CT molecular complexity index is 900. The highest BCUT2D eigenvalue weighted by atomic mass is 16.5. The van der Waals surface area contributed by atoms with E-state index in [9.17, 15) is 19.8 Å². The monoisotopic (exact) mass is 774 g/mol. The number of allylic oxidation sites excluding steroid dienone is 5. The first-order valence-corrected chi connectivity index (χ1v) is 23.8. The molecule has 2 atom stereocenters. The van der Waals surface area contributed by atoms with E-state index in [1.807, 2.05) is 6.08 Å². The second-order valence-electron chi connectivity index (χ2n) is 16.1. The molecular formula is C49H91NO5. The molecule has 0 radical (unpaired) electrons. The SMILES string of the molecule is CCCCCCC/C=C\CCCCCCCC(=O)OCCCCCCCC/C=C\CCCCCC(=O)NC(CO)C(O)/C=C/CCCCCCCCCCC. The molecule has 0 aromatic rings. The lowest BCUT2D eigenvalue weighted by molar-refractivity contribution is -0.143. The Morgan fingerprint density at radius 1 is 0.491 bits per heavy atom. The number of hydrogen-bond donors (Lipinski definition) is 3. The Hall–Kier alpha value is -1.92. The van der Waals surface area contributed by atoms with E-state index < -0.39 is 12.1 Å². The van der Waals surface area contributed by atoms with Crippen molar-refractivity contribution in [3.05, 3.63) is 36.5 Å². The van der Waals surface area contributed by atoms with Crippen LogP contribution in [0.15, 0.2) is 36.5 Å². The Labute approximate surface area is 341 Å². The highest BCUT2D eigenvalue weighted by Gasteiger charge is 2.18. The summed E-state index contributed by atoms with van der Waals surface area (Å²) in [5.41, 5.74) is 0. The summed E-state index contributed by atoms with van der Waals surface area (Å²) in [6, 6.07) is -0.647. The molecule has 3 N–H and O–H groups in total. The Balaban J connectivity index is 3.54. The van der Waals surface area contributed by atoms with Gasteiger partial charge < -0.3 is 20.3 Å². The van der Waals surface area contributed by atoms with E-state index in [0.29, 0.717) is 19.4 Å². The standard InChI is InChI=1S/C49H91NO5/c1-3-5-7-9-11-13-15-16-19-23-27-31-35-39-43-49(54)55-44-40-36-32-28-24-20-17-18-22-26-30-34-38-42-48(53)50-46(45-51)47(52)41-37-33-29-25-21-14-12-10-8-6-4-2/h15-16,18,22,37,41,46-47,51-52H,3-14,17,19-21,23-36,38-40,42-45H2,1-2H3,(H,50,53)/b16-15-,22-18-,41-37+. The summed E-state index contributed by atoms with van der Waals surface area (Å²) in [6.07, 6.45) is 52.8. The average molecular weight is 774 g/mol. The number of nitrogens with one attached hydrogen (secondary N) is 1. The maximum atomic E-state index is 12.4. The van der Waals surface area contributed by atoms with Crippen molar-refractivity contribution >= 4 is 11.9 Å². The molecule has 6 heteroatoms. The molecule has 55 heavy (non-hydrogen) atoms. The van der Waals surface area contributed by atoms with Crippen molar-refractivity contribution in [3.8, 4) is 0 Å². The lowest BCUT2D eigenvalue weighted by atomic mass is 10.1. The van der Waals surface area contributed by atoms with E-state index in [0.717, 1.165) is 70.6 Å². The van der Waals surface area contributed by atoms with Crippen molar-refractivity contribution in [1.29, 1.82) is 0 Å². The van der Waals surface area contributed by atoms with Gasteiger partial charge in [-0.2, -0.15) is 0 Å². The Kier molecular flexibility index (Phi) is 43.2. The molecule has 2 unspecified atom stereocenters. The number of hydrogen-bond acceptors (Lipinski definition) is 5. The lowest BCUT2D eigenvalue weighted by Gasteiger charge is -2.19. The molecule has 6 nitrogen and oxygen atoms in total. The van der Waals surface area contributed by atoms with E-state index in [1.165, 1.54) is 141 Å². The summed E-state index contributed by atoms with van der Waals surface area (Å²) in [4.78, 5) is 24.4. The number of carbonyl (C=O) groups is 2. The van der Waals surface area contributed by atoms with Crippen LogP contribution in [0.4, 0.5) is 0 Å². The second kappa shape index (κ2) is 44.8. The molecule has 0 fully saturated rings. The summed E-state index contributed by atoms with van der Waals surface area (Å²) < 4.78 is 5.44. The fraction of sp³-hybridized carbons (Fsp3) is 0.837. The van der Waals surface area contributed by atoms with Crippen LogP contribution in [0.1, 0.15) is 239 Å². The normalized spacial score (nSPS) is 13.0. The van der Waals surface area contributed by atoms with Crippen LogP contribution >= 0.6 is 0 Å². The minimum Gasteiger partial charge on any atom is -0.466 e. The number of carbonyl (C=O) groups excluding carboxylic acids is 2. The fourth-order valence-electron chi connectivity index (χ4n) is 6.91. The van der Waals surface area contributed by atoms with E-state index in [-0.39, 0.29) is 18.5 Å². The van der Waals surface area contributed by atoms with Gasteiger partial charge in [0.1, 0.15) is 0 Å². The van der Waals surface area contributed by atoms with Gasteiger partial charge in [-0.3, -0.25) is 9.59 Å². The number of amides is 1. The maximum absolute atomic E-state index is 12.4. The number of aliphatic hydroxyl groups is 2. The first-order chi connectivity index (χ1) is 27.0. The van der Waals surface area contributed by atoms with E-state index in [4.69, 9.17) is 4.74 Å². The van der Waals surface area contributed by atoms with Gasteiger partial charge in [0.15, 0.2) is 0 Å². The molecule has 0 saturated heterocycles. The predicted octanol–water partition coefficient (Wildman–Crippen LogP) is 13.7. The van der Waals surface area contributed by atoms with E-state index in [2.05, 4.69) is 43.5 Å². The van der Waals surface area contributed by atoms with Gasteiger partial charge in [0.2, 0.25) is 5.91 Å². The van der Waals surface area contributed by atoms with Crippen LogP contribution in [0.2, 0.25) is 0 Å². The minimum atomic E-state index is -0.860. The third-order valence-electron chi connectivity index (χ3n) is 10.6. The van der Waals surface area contributed by atoms with Gasteiger partial charge in [-0.15, -0.1) is 0 Å². The van der Waals surface area contributed by atoms with Gasteiger partial charge in [-0.1, -0.05) is 179 Å². The fourth-order valence-corrected chi connectivity index (χ4v) is 6.91. The van der Waals surface area contributed by atoms with Crippen LogP contribution < -0.4 is 5.32 Å². The summed E-state index contributed by atoms with van der Waals surface area (Å²) in [7, 11) is 0. The first kappa shape index (κ1) is 53.1. The molecular weight excluding hydrogens is 683 g/mol. The molecule has 0 heterocycles. The molecule has 0 aliphatic carbocycles. The maximum Gasteiger partial charge on any atom is 0.305 e. The Morgan fingerprint density at radius 3 is 1.31 bits per heavy atom. The largest absolute Gasteiger partial charge is 0.466 e. The molecule has 0 aromatic heterocycles. The van der Waals surface area contributed by atoms with Gasteiger partial charge >= 0.3 is 5.97 Å². The van der Waals surface area contributed by atoms with Crippen molar-refractivity contribution in [3.63, 3.8) is 0 Å². The van der Waals surface area contributed by atoms with Gasteiger partial charge in [0, 0.05) is 12.8 Å². The zero-order valence-electron chi connectivity index (χ0n) is 36.4. The summed E-state index contributed by atoms with van der Waals surface area (Å²) >= 11 is 0. The third kappa shape index (κ3) is 41.5. The topological polar surface area (TPSA) is 95.9 Å². The molecule has 0 spiro atoms. The zero-order valence-corrected chi connectivity index (χ0v) is 36.4. The smallest absolute Gasteiger partial charge is 0.305 e. The summed E-state index contributed by atoms with van der Waals surface area (Å²) in [6.45, 7) is 4.82. The van der Waals surface area contributed by atoms with Crippen molar-refractivity contribution in [2.45, 2.75) is 251 Å². The number of aliphatic hydroxyl groups excluding tert-OH is 2. The molecule has 0 rings (SSSR count).